The highest BCUT2D eigenvalue weighted by atomic mass is 16.7. The summed E-state index contributed by atoms with van der Waals surface area (Å²) in [7, 11) is 0. The molecule has 510 valence electrons. The zero-order valence-corrected chi connectivity index (χ0v) is 56.7. The first kappa shape index (κ1) is 82.6. The Balaban J connectivity index is 1.88. The average Bonchev–Trinajstić information content (AvgIpc) is 3.18. The highest BCUT2D eigenvalue weighted by molar-refractivity contribution is 5.76. The van der Waals surface area contributed by atoms with Crippen molar-refractivity contribution in [3.63, 3.8) is 0 Å². The number of unbranched alkanes of at least 4 members (excludes halogenated alkanes) is 46. The average molecular weight is 1230 g/mol. The lowest BCUT2D eigenvalue weighted by Gasteiger charge is -2.40. The molecule has 7 atom stereocenters. The number of aliphatic hydroxyl groups excluding tert-OH is 5. The van der Waals surface area contributed by atoms with Crippen LogP contribution in [0.3, 0.4) is 0 Å². The fourth-order valence-corrected chi connectivity index (χ4v) is 11.7. The van der Waals surface area contributed by atoms with Gasteiger partial charge in [0, 0.05) is 12.8 Å². The molecule has 0 spiro atoms. The largest absolute Gasteiger partial charge is 0.466 e. The second-order valence-electron chi connectivity index (χ2n) is 26.0. The van der Waals surface area contributed by atoms with Crippen LogP contribution in [0.2, 0.25) is 0 Å². The van der Waals surface area contributed by atoms with E-state index in [0.717, 1.165) is 57.8 Å². The molecule has 1 fully saturated rings. The molecule has 0 aromatic heterocycles. The van der Waals surface area contributed by atoms with Gasteiger partial charge in [0.1, 0.15) is 24.4 Å². The van der Waals surface area contributed by atoms with Gasteiger partial charge in [0.2, 0.25) is 5.91 Å². The third kappa shape index (κ3) is 53.9. The molecule has 11 heteroatoms. The van der Waals surface area contributed by atoms with Gasteiger partial charge >= 0.3 is 5.97 Å². The smallest absolute Gasteiger partial charge is 0.305 e. The van der Waals surface area contributed by atoms with Gasteiger partial charge in [-0.25, -0.2) is 0 Å². The van der Waals surface area contributed by atoms with E-state index in [4.69, 9.17) is 14.2 Å². The van der Waals surface area contributed by atoms with Crippen molar-refractivity contribution in [3.8, 4) is 0 Å². The summed E-state index contributed by atoms with van der Waals surface area (Å²) in [4.78, 5) is 25.1. The fourth-order valence-electron chi connectivity index (χ4n) is 11.7. The van der Waals surface area contributed by atoms with Gasteiger partial charge in [0.25, 0.3) is 0 Å². The van der Waals surface area contributed by atoms with Gasteiger partial charge in [0.15, 0.2) is 6.29 Å². The first-order chi connectivity index (χ1) is 42.7. The van der Waals surface area contributed by atoms with E-state index >= 15 is 0 Å². The number of hydrogen-bond acceptors (Lipinski definition) is 10. The topological polar surface area (TPSA) is 175 Å². The second kappa shape index (κ2) is 65.1. The molecule has 0 aromatic carbocycles. The van der Waals surface area contributed by atoms with Crippen LogP contribution in [-0.4, -0.2) is 100 Å². The van der Waals surface area contributed by atoms with E-state index in [1.807, 2.05) is 6.08 Å². The first-order valence-corrected chi connectivity index (χ1v) is 37.4. The van der Waals surface area contributed by atoms with Crippen LogP contribution >= 0.6 is 0 Å². The predicted molar refractivity (Wildman–Crippen MR) is 366 cm³/mol. The van der Waals surface area contributed by atoms with Crippen LogP contribution in [0.4, 0.5) is 0 Å². The van der Waals surface area contributed by atoms with Gasteiger partial charge in [-0.15, -0.1) is 0 Å². The lowest BCUT2D eigenvalue weighted by atomic mass is 9.99. The number of esters is 1. The Morgan fingerprint density at radius 3 is 1.16 bits per heavy atom. The SMILES string of the molecule is CCCCC/C=C/CC/C=C/C(O)C(COC1OC(CO)C(O)C(O)C1O)NC(=O)CCCCCCCCCCCCCCCCCC/C=C\CCCCCCCCCCCCCCOC(=O)CCCCCCCCC/C=C\CCCCCCCCC. The van der Waals surface area contributed by atoms with E-state index in [2.05, 4.69) is 55.6 Å². The molecule has 6 N–H and O–H groups in total. The van der Waals surface area contributed by atoms with E-state index in [9.17, 15) is 35.1 Å². The van der Waals surface area contributed by atoms with Crippen LogP contribution < -0.4 is 5.32 Å². The van der Waals surface area contributed by atoms with Crippen LogP contribution in [0, 0.1) is 0 Å². The zero-order valence-electron chi connectivity index (χ0n) is 56.7. The Kier molecular flexibility index (Phi) is 61.9. The molecule has 1 aliphatic rings. The van der Waals surface area contributed by atoms with Crippen LogP contribution in [-0.2, 0) is 23.8 Å². The highest BCUT2D eigenvalue weighted by Crippen LogP contribution is 2.23. The summed E-state index contributed by atoms with van der Waals surface area (Å²) in [6, 6.07) is -0.825. The van der Waals surface area contributed by atoms with E-state index in [-0.39, 0.29) is 18.5 Å². The summed E-state index contributed by atoms with van der Waals surface area (Å²) in [6.45, 7) is 4.31. The minimum absolute atomic E-state index is 0.00769. The van der Waals surface area contributed by atoms with Gasteiger partial charge in [-0.3, -0.25) is 9.59 Å². The molecular weight excluding hydrogens is 1090 g/mol. The second-order valence-corrected chi connectivity index (χ2v) is 26.0. The minimum Gasteiger partial charge on any atom is -0.466 e. The zero-order chi connectivity index (χ0) is 63.0. The minimum atomic E-state index is -1.57. The van der Waals surface area contributed by atoms with E-state index in [0.29, 0.717) is 19.4 Å². The van der Waals surface area contributed by atoms with E-state index in [1.54, 1.807) is 6.08 Å². The van der Waals surface area contributed by atoms with Crippen molar-refractivity contribution in [2.24, 2.45) is 0 Å². The van der Waals surface area contributed by atoms with Crippen molar-refractivity contribution >= 4 is 11.9 Å². The normalized spacial score (nSPS) is 18.1. The number of amides is 1. The number of carbonyl (C=O) groups excluding carboxylic acids is 2. The summed E-state index contributed by atoms with van der Waals surface area (Å²) in [5.74, 6) is -0.183. The standard InChI is InChI=1S/C76H141NO10/c1-3-5-7-9-11-13-14-15-16-17-35-38-41-44-48-52-56-60-64-72(81)85-65-61-57-53-49-45-42-39-36-33-31-29-27-25-23-21-19-18-20-22-24-26-28-30-32-34-37-40-43-47-51-55-59-63-71(80)77-68(69(79)62-58-54-50-46-12-10-8-6-4-2)67-86-76-75(84)74(83)73(82)70(66-78)87-76/h12,16-17,21,23,46,58,62,68-70,73-76,78-79,82-84H,3-11,13-15,18-20,22,24-45,47-57,59-61,63-67H2,1-2H3,(H,77,80)/b17-16-,23-21-,46-12+,62-58+. The van der Waals surface area contributed by atoms with Crippen molar-refractivity contribution in [2.45, 2.75) is 403 Å². The van der Waals surface area contributed by atoms with Crippen LogP contribution in [0.15, 0.2) is 48.6 Å². The Morgan fingerprint density at radius 1 is 0.414 bits per heavy atom. The molecule has 87 heavy (non-hydrogen) atoms. The molecule has 11 nitrogen and oxygen atoms in total. The maximum Gasteiger partial charge on any atom is 0.305 e. The first-order valence-electron chi connectivity index (χ1n) is 37.4. The summed E-state index contributed by atoms with van der Waals surface area (Å²) in [6.07, 6.45) is 75.8. The van der Waals surface area contributed by atoms with Crippen molar-refractivity contribution in [1.82, 2.24) is 5.32 Å². The Labute approximate surface area is 536 Å². The molecule has 1 aliphatic heterocycles. The van der Waals surface area contributed by atoms with E-state index < -0.39 is 49.5 Å². The third-order valence-corrected chi connectivity index (χ3v) is 17.6. The summed E-state index contributed by atoms with van der Waals surface area (Å²) in [5, 5.41) is 54.3. The fraction of sp³-hybridized carbons (Fsp3) is 0.868. The van der Waals surface area contributed by atoms with Gasteiger partial charge in [-0.1, -0.05) is 300 Å². The molecule has 1 heterocycles. The Hall–Kier alpha value is -2.38. The van der Waals surface area contributed by atoms with Crippen LogP contribution in [0.1, 0.15) is 361 Å². The molecule has 1 amide bonds. The number of ether oxygens (including phenoxy) is 3. The lowest BCUT2D eigenvalue weighted by Crippen LogP contribution is -2.60. The van der Waals surface area contributed by atoms with Crippen LogP contribution in [0.25, 0.3) is 0 Å². The highest BCUT2D eigenvalue weighted by Gasteiger charge is 2.44. The quantitative estimate of drug-likeness (QED) is 0.0195. The molecule has 1 rings (SSSR count). The maximum atomic E-state index is 13.0. The van der Waals surface area contributed by atoms with Gasteiger partial charge in [-0.05, 0) is 96.3 Å². The lowest BCUT2D eigenvalue weighted by molar-refractivity contribution is -0.302. The van der Waals surface area contributed by atoms with Crippen LogP contribution in [0.5, 0.6) is 0 Å². The maximum absolute atomic E-state index is 13.0. The van der Waals surface area contributed by atoms with Crippen molar-refractivity contribution < 1.29 is 49.3 Å². The Bertz CT molecular complexity index is 1580. The number of aliphatic hydroxyl groups is 5. The third-order valence-electron chi connectivity index (χ3n) is 17.6. The number of carbonyl (C=O) groups is 2. The summed E-state index contributed by atoms with van der Waals surface area (Å²) in [5.41, 5.74) is 0. The molecule has 0 radical (unpaired) electrons. The molecule has 0 saturated carbocycles. The predicted octanol–water partition coefficient (Wildman–Crippen LogP) is 19.5. The van der Waals surface area contributed by atoms with Crippen molar-refractivity contribution in [1.29, 1.82) is 0 Å². The van der Waals surface area contributed by atoms with Crippen molar-refractivity contribution in [3.05, 3.63) is 48.6 Å². The molecule has 0 aliphatic carbocycles. The Morgan fingerprint density at radius 2 is 0.747 bits per heavy atom. The monoisotopic (exact) mass is 1230 g/mol. The number of nitrogens with one attached hydrogen (secondary N) is 1. The molecule has 0 aromatic rings. The number of hydrogen-bond donors (Lipinski definition) is 6. The number of allylic oxidation sites excluding steroid dienone is 7. The van der Waals surface area contributed by atoms with Crippen molar-refractivity contribution in [2.75, 3.05) is 19.8 Å². The molecule has 1 saturated heterocycles. The van der Waals surface area contributed by atoms with Gasteiger partial charge in [-0.2, -0.15) is 0 Å². The summed E-state index contributed by atoms with van der Waals surface area (Å²) < 4.78 is 16.7. The molecular formula is C76H141NO10. The number of rotatable bonds is 66. The summed E-state index contributed by atoms with van der Waals surface area (Å²) >= 11 is 0. The molecule has 0 bridgehead atoms. The van der Waals surface area contributed by atoms with Gasteiger partial charge < -0.3 is 45.1 Å². The molecule has 7 unspecified atom stereocenters. The van der Waals surface area contributed by atoms with E-state index in [1.165, 1.54) is 276 Å². The van der Waals surface area contributed by atoms with Gasteiger partial charge in [0.05, 0.1) is 32.0 Å².